The average molecular weight is 299 g/mol. The van der Waals surface area contributed by atoms with E-state index >= 15 is 0 Å². The number of nitrogens with one attached hydrogen (secondary N) is 2. The number of ether oxygens (including phenoxy) is 1. The van der Waals surface area contributed by atoms with Crippen LogP contribution in [0.2, 0.25) is 0 Å². The number of hydrogen-bond acceptors (Lipinski definition) is 5. The SMILES string of the molecule is CCCNC(=O)NC(=O)CN(CC(=O)OC)C1CCCC1. The van der Waals surface area contributed by atoms with Crippen LogP contribution in [0.15, 0.2) is 0 Å². The van der Waals surface area contributed by atoms with Gasteiger partial charge < -0.3 is 10.1 Å². The highest BCUT2D eigenvalue weighted by Gasteiger charge is 2.26. The molecule has 0 atom stereocenters. The molecule has 7 nitrogen and oxygen atoms in total. The molecule has 120 valence electrons. The molecule has 0 bridgehead atoms. The molecule has 0 spiro atoms. The highest BCUT2D eigenvalue weighted by atomic mass is 16.5. The molecule has 0 saturated heterocycles. The summed E-state index contributed by atoms with van der Waals surface area (Å²) in [5.74, 6) is -0.774. The van der Waals surface area contributed by atoms with Crippen molar-refractivity contribution in [1.82, 2.24) is 15.5 Å². The van der Waals surface area contributed by atoms with Crippen LogP contribution in [0.5, 0.6) is 0 Å². The Labute approximate surface area is 125 Å². The molecule has 0 aliphatic heterocycles. The van der Waals surface area contributed by atoms with E-state index in [1.807, 2.05) is 6.92 Å². The van der Waals surface area contributed by atoms with Gasteiger partial charge in [0.2, 0.25) is 5.91 Å². The molecule has 2 N–H and O–H groups in total. The van der Waals surface area contributed by atoms with Crippen molar-refractivity contribution in [2.24, 2.45) is 0 Å². The third kappa shape index (κ3) is 6.57. The Morgan fingerprint density at radius 1 is 1.19 bits per heavy atom. The van der Waals surface area contributed by atoms with E-state index in [1.165, 1.54) is 7.11 Å². The van der Waals surface area contributed by atoms with Crippen LogP contribution in [0.4, 0.5) is 4.79 Å². The second-order valence-corrected chi connectivity index (χ2v) is 5.22. The number of carbonyl (C=O) groups excluding carboxylic acids is 3. The van der Waals surface area contributed by atoms with Gasteiger partial charge in [-0.2, -0.15) is 0 Å². The van der Waals surface area contributed by atoms with Gasteiger partial charge in [-0.3, -0.25) is 19.8 Å². The van der Waals surface area contributed by atoms with Crippen molar-refractivity contribution in [1.29, 1.82) is 0 Å². The summed E-state index contributed by atoms with van der Waals surface area (Å²) < 4.78 is 4.66. The highest BCUT2D eigenvalue weighted by molar-refractivity contribution is 5.95. The van der Waals surface area contributed by atoms with Gasteiger partial charge in [-0.1, -0.05) is 19.8 Å². The van der Waals surface area contributed by atoms with E-state index in [0.717, 1.165) is 32.1 Å². The molecule has 1 saturated carbocycles. The van der Waals surface area contributed by atoms with Crippen LogP contribution >= 0.6 is 0 Å². The first kappa shape index (κ1) is 17.4. The Balaban J connectivity index is 2.48. The topological polar surface area (TPSA) is 87.7 Å². The van der Waals surface area contributed by atoms with Gasteiger partial charge >= 0.3 is 12.0 Å². The molecule has 0 unspecified atom stereocenters. The van der Waals surface area contributed by atoms with Crippen LogP contribution in [0.1, 0.15) is 39.0 Å². The van der Waals surface area contributed by atoms with Gasteiger partial charge in [-0.25, -0.2) is 4.79 Å². The lowest BCUT2D eigenvalue weighted by molar-refractivity contribution is -0.142. The first-order valence-electron chi connectivity index (χ1n) is 7.45. The molecule has 21 heavy (non-hydrogen) atoms. The Kier molecular flexibility index (Phi) is 7.74. The van der Waals surface area contributed by atoms with Crippen molar-refractivity contribution >= 4 is 17.9 Å². The first-order chi connectivity index (χ1) is 10.1. The third-order valence-electron chi connectivity index (χ3n) is 3.54. The van der Waals surface area contributed by atoms with Crippen molar-refractivity contribution in [3.8, 4) is 0 Å². The van der Waals surface area contributed by atoms with Gasteiger partial charge in [-0.15, -0.1) is 0 Å². The van der Waals surface area contributed by atoms with Crippen molar-refractivity contribution in [3.05, 3.63) is 0 Å². The Hall–Kier alpha value is -1.63. The van der Waals surface area contributed by atoms with Crippen molar-refractivity contribution < 1.29 is 19.1 Å². The number of nitrogens with zero attached hydrogens (tertiary/aromatic N) is 1. The van der Waals surface area contributed by atoms with E-state index in [2.05, 4.69) is 15.4 Å². The third-order valence-corrected chi connectivity index (χ3v) is 3.54. The van der Waals surface area contributed by atoms with Crippen LogP contribution < -0.4 is 10.6 Å². The fraction of sp³-hybridized carbons (Fsp3) is 0.786. The molecule has 1 fully saturated rings. The van der Waals surface area contributed by atoms with E-state index in [9.17, 15) is 14.4 Å². The van der Waals surface area contributed by atoms with Crippen molar-refractivity contribution in [2.45, 2.75) is 45.1 Å². The largest absolute Gasteiger partial charge is 0.468 e. The summed E-state index contributed by atoms with van der Waals surface area (Å²) in [5, 5.41) is 4.85. The van der Waals surface area contributed by atoms with Crippen LogP contribution in [-0.2, 0) is 14.3 Å². The maximum atomic E-state index is 11.9. The molecule has 0 radical (unpaired) electrons. The van der Waals surface area contributed by atoms with E-state index in [4.69, 9.17) is 0 Å². The predicted octanol–water partition coefficient (Wildman–Crippen LogP) is 0.640. The summed E-state index contributed by atoms with van der Waals surface area (Å²) in [6.07, 6.45) is 4.93. The number of imide groups is 1. The molecular weight excluding hydrogens is 274 g/mol. The number of urea groups is 1. The normalized spacial score (nSPS) is 15.0. The summed E-state index contributed by atoms with van der Waals surface area (Å²) in [5.41, 5.74) is 0. The minimum atomic E-state index is -0.494. The van der Waals surface area contributed by atoms with Crippen molar-refractivity contribution in [3.63, 3.8) is 0 Å². The van der Waals surface area contributed by atoms with E-state index in [1.54, 1.807) is 4.90 Å². The second-order valence-electron chi connectivity index (χ2n) is 5.22. The zero-order valence-electron chi connectivity index (χ0n) is 12.8. The lowest BCUT2D eigenvalue weighted by Crippen LogP contribution is -2.48. The van der Waals surface area contributed by atoms with Gasteiger partial charge in [0.05, 0.1) is 20.2 Å². The zero-order chi connectivity index (χ0) is 15.7. The molecule has 0 aromatic heterocycles. The number of esters is 1. The first-order valence-corrected chi connectivity index (χ1v) is 7.45. The van der Waals surface area contributed by atoms with Crippen LogP contribution in [0, 0.1) is 0 Å². The van der Waals surface area contributed by atoms with Gasteiger partial charge in [0.15, 0.2) is 0 Å². The molecule has 1 aliphatic rings. The summed E-state index contributed by atoms with van der Waals surface area (Å²) in [6, 6.07) is -0.292. The number of amides is 3. The number of rotatable bonds is 7. The van der Waals surface area contributed by atoms with Gasteiger partial charge in [0.1, 0.15) is 0 Å². The van der Waals surface area contributed by atoms with Gasteiger partial charge in [0, 0.05) is 12.6 Å². The summed E-state index contributed by atoms with van der Waals surface area (Å²) in [4.78, 5) is 36.6. The minimum Gasteiger partial charge on any atom is -0.468 e. The van der Waals surface area contributed by atoms with Crippen LogP contribution in [0.3, 0.4) is 0 Å². The molecule has 1 rings (SSSR count). The summed E-state index contributed by atoms with van der Waals surface area (Å²) in [6.45, 7) is 2.55. The summed E-state index contributed by atoms with van der Waals surface area (Å²) in [7, 11) is 1.33. The fourth-order valence-electron chi connectivity index (χ4n) is 2.45. The summed E-state index contributed by atoms with van der Waals surface area (Å²) >= 11 is 0. The monoisotopic (exact) mass is 299 g/mol. The fourth-order valence-corrected chi connectivity index (χ4v) is 2.45. The smallest absolute Gasteiger partial charge is 0.321 e. The Morgan fingerprint density at radius 2 is 1.86 bits per heavy atom. The zero-order valence-corrected chi connectivity index (χ0v) is 12.8. The van der Waals surface area contributed by atoms with Crippen molar-refractivity contribution in [2.75, 3.05) is 26.7 Å². The van der Waals surface area contributed by atoms with Gasteiger partial charge in [0.25, 0.3) is 0 Å². The van der Waals surface area contributed by atoms with E-state index < -0.39 is 11.9 Å². The number of hydrogen-bond donors (Lipinski definition) is 2. The number of carbonyl (C=O) groups is 3. The quantitative estimate of drug-likeness (QED) is 0.674. The van der Waals surface area contributed by atoms with Crippen LogP contribution in [-0.4, -0.2) is 55.6 Å². The lowest BCUT2D eigenvalue weighted by Gasteiger charge is -2.26. The molecule has 0 aromatic carbocycles. The molecule has 0 aromatic rings. The second kappa shape index (κ2) is 9.33. The maximum absolute atomic E-state index is 11.9. The van der Waals surface area contributed by atoms with E-state index in [0.29, 0.717) is 6.54 Å². The maximum Gasteiger partial charge on any atom is 0.321 e. The minimum absolute atomic E-state index is 0.0271. The standard InChI is InChI=1S/C14H25N3O4/c1-3-8-15-14(20)16-12(18)9-17(10-13(19)21-2)11-6-4-5-7-11/h11H,3-10H2,1-2H3,(H2,15,16,18,20). The molecule has 7 heteroatoms. The molecule has 1 aliphatic carbocycles. The Morgan fingerprint density at radius 3 is 2.43 bits per heavy atom. The molecule has 3 amide bonds. The Bertz CT molecular complexity index is 367. The lowest BCUT2D eigenvalue weighted by atomic mass is 10.2. The van der Waals surface area contributed by atoms with E-state index in [-0.39, 0.29) is 25.1 Å². The molecule has 0 heterocycles. The highest BCUT2D eigenvalue weighted by Crippen LogP contribution is 2.23. The predicted molar refractivity (Wildman–Crippen MR) is 77.7 cm³/mol. The molecular formula is C14H25N3O4. The van der Waals surface area contributed by atoms with Gasteiger partial charge in [-0.05, 0) is 19.3 Å². The average Bonchev–Trinajstić information content (AvgIpc) is 2.98. The van der Waals surface area contributed by atoms with Crippen LogP contribution in [0.25, 0.3) is 0 Å². The number of methoxy groups -OCH3 is 1.